The highest BCUT2D eigenvalue weighted by Gasteiger charge is 2.34. The molecule has 0 unspecified atom stereocenters. The zero-order chi connectivity index (χ0) is 19.7. The minimum atomic E-state index is -0.323. The lowest BCUT2D eigenvalue weighted by atomic mass is 10.1. The van der Waals surface area contributed by atoms with Crippen LogP contribution in [0.5, 0.6) is 5.75 Å². The molecule has 28 heavy (non-hydrogen) atoms. The summed E-state index contributed by atoms with van der Waals surface area (Å²) in [6.45, 7) is 3.98. The fraction of sp³-hybridized carbons (Fsp3) is 0.300. The molecule has 4 rings (SSSR count). The molecule has 1 aliphatic heterocycles. The van der Waals surface area contributed by atoms with Crippen LogP contribution in [-0.4, -0.2) is 44.5 Å². The zero-order valence-electron chi connectivity index (χ0n) is 15.9. The number of fused-ring (bicyclic) bond motifs is 1. The third kappa shape index (κ3) is 3.35. The van der Waals surface area contributed by atoms with Gasteiger partial charge in [0.2, 0.25) is 11.1 Å². The maximum absolute atomic E-state index is 13.2. The Bertz CT molecular complexity index is 988. The van der Waals surface area contributed by atoms with Crippen molar-refractivity contribution in [2.45, 2.75) is 36.7 Å². The number of methoxy groups -OCH3 is 1. The van der Waals surface area contributed by atoms with Crippen LogP contribution < -0.4 is 9.64 Å². The minimum absolute atomic E-state index is 0.0618. The Hall–Kier alpha value is -2.87. The molecule has 2 atom stereocenters. The van der Waals surface area contributed by atoms with Gasteiger partial charge in [-0.05, 0) is 66.6 Å². The number of benzene rings is 2. The van der Waals surface area contributed by atoms with Crippen LogP contribution in [0.1, 0.15) is 19.4 Å². The number of carbonyl (C=O) groups is 1. The SMILES string of the molecule is COc1ccc(-n2nnnc2S[C@H](C)C(=O)N2c3ccccc3C[C@H]2C)cc1. The van der Waals surface area contributed by atoms with E-state index in [-0.39, 0.29) is 17.2 Å². The van der Waals surface area contributed by atoms with Crippen molar-refractivity contribution in [2.75, 3.05) is 12.0 Å². The van der Waals surface area contributed by atoms with Gasteiger partial charge < -0.3 is 9.64 Å². The van der Waals surface area contributed by atoms with E-state index >= 15 is 0 Å². The van der Waals surface area contributed by atoms with E-state index in [9.17, 15) is 4.79 Å². The molecular formula is C20H21N5O2S. The van der Waals surface area contributed by atoms with Gasteiger partial charge in [-0.25, -0.2) is 0 Å². The summed E-state index contributed by atoms with van der Waals surface area (Å²) in [7, 11) is 1.62. The van der Waals surface area contributed by atoms with E-state index in [1.807, 2.05) is 54.3 Å². The monoisotopic (exact) mass is 395 g/mol. The molecule has 3 aromatic rings. The number of rotatable bonds is 5. The number of hydrogen-bond acceptors (Lipinski definition) is 6. The second kappa shape index (κ2) is 7.63. The summed E-state index contributed by atoms with van der Waals surface area (Å²) in [5.74, 6) is 0.822. The van der Waals surface area contributed by atoms with Crippen LogP contribution in [0.3, 0.4) is 0 Å². The number of amides is 1. The van der Waals surface area contributed by atoms with Crippen molar-refractivity contribution < 1.29 is 9.53 Å². The molecule has 0 fully saturated rings. The fourth-order valence-electron chi connectivity index (χ4n) is 3.44. The molecule has 0 saturated heterocycles. The molecule has 0 radical (unpaired) electrons. The lowest BCUT2D eigenvalue weighted by Crippen LogP contribution is -2.40. The first kappa shape index (κ1) is 18.5. The lowest BCUT2D eigenvalue weighted by Gasteiger charge is -2.25. The average Bonchev–Trinajstić information content (AvgIpc) is 3.30. The number of thioether (sulfide) groups is 1. The van der Waals surface area contributed by atoms with Gasteiger partial charge in [-0.2, -0.15) is 4.68 Å². The summed E-state index contributed by atoms with van der Waals surface area (Å²) in [4.78, 5) is 15.1. The van der Waals surface area contributed by atoms with E-state index in [4.69, 9.17) is 4.74 Å². The maximum Gasteiger partial charge on any atom is 0.240 e. The Morgan fingerprint density at radius 3 is 2.71 bits per heavy atom. The number of para-hydroxylation sites is 1. The van der Waals surface area contributed by atoms with Crippen molar-refractivity contribution in [3.05, 3.63) is 54.1 Å². The third-order valence-corrected chi connectivity index (χ3v) is 5.85. The van der Waals surface area contributed by atoms with Crippen LogP contribution in [0.25, 0.3) is 5.69 Å². The summed E-state index contributed by atoms with van der Waals surface area (Å²) in [5, 5.41) is 12.2. The standard InChI is InChI=1S/C20H21N5O2S/c1-13-12-15-6-4-5-7-18(15)24(13)19(26)14(2)28-20-21-22-23-25(20)16-8-10-17(27-3)11-9-16/h4-11,13-14H,12H2,1-3H3/t13-,14-/m1/s1. The van der Waals surface area contributed by atoms with E-state index in [2.05, 4.69) is 28.5 Å². The molecular weight excluding hydrogens is 374 g/mol. The largest absolute Gasteiger partial charge is 0.497 e. The molecule has 7 nitrogen and oxygen atoms in total. The van der Waals surface area contributed by atoms with Gasteiger partial charge in [-0.15, -0.1) is 5.10 Å². The molecule has 1 amide bonds. The first-order chi connectivity index (χ1) is 13.6. The van der Waals surface area contributed by atoms with E-state index in [1.54, 1.807) is 11.8 Å². The molecule has 0 aliphatic carbocycles. The predicted molar refractivity (Wildman–Crippen MR) is 108 cm³/mol. The van der Waals surface area contributed by atoms with E-state index in [1.165, 1.54) is 17.3 Å². The average molecular weight is 395 g/mol. The van der Waals surface area contributed by atoms with Crippen LogP contribution in [0, 0.1) is 0 Å². The highest BCUT2D eigenvalue weighted by molar-refractivity contribution is 8.00. The van der Waals surface area contributed by atoms with Gasteiger partial charge in [0.15, 0.2) is 0 Å². The quantitative estimate of drug-likeness (QED) is 0.618. The van der Waals surface area contributed by atoms with Gasteiger partial charge in [0, 0.05) is 11.7 Å². The predicted octanol–water partition coefficient (Wildman–Crippen LogP) is 3.13. The van der Waals surface area contributed by atoms with Gasteiger partial charge in [0.25, 0.3) is 0 Å². The summed E-state index contributed by atoms with van der Waals surface area (Å²) in [6.07, 6.45) is 0.878. The van der Waals surface area contributed by atoms with Crippen LogP contribution in [0.4, 0.5) is 5.69 Å². The number of tetrazole rings is 1. The minimum Gasteiger partial charge on any atom is -0.497 e. The van der Waals surface area contributed by atoms with Crippen molar-refractivity contribution in [3.8, 4) is 11.4 Å². The highest BCUT2D eigenvalue weighted by Crippen LogP contribution is 2.34. The van der Waals surface area contributed by atoms with Gasteiger partial charge >= 0.3 is 0 Å². The number of carbonyl (C=O) groups excluding carboxylic acids is 1. The number of anilines is 1. The smallest absolute Gasteiger partial charge is 0.240 e. The molecule has 0 spiro atoms. The second-order valence-electron chi connectivity index (χ2n) is 6.72. The highest BCUT2D eigenvalue weighted by atomic mass is 32.2. The Labute approximate surface area is 167 Å². The Morgan fingerprint density at radius 1 is 1.21 bits per heavy atom. The van der Waals surface area contributed by atoms with Gasteiger partial charge in [0.1, 0.15) is 5.75 Å². The Balaban J connectivity index is 1.54. The molecule has 0 bridgehead atoms. The molecule has 1 aromatic heterocycles. The number of hydrogen-bond donors (Lipinski definition) is 0. The molecule has 1 aliphatic rings. The summed E-state index contributed by atoms with van der Waals surface area (Å²) < 4.78 is 6.83. The zero-order valence-corrected chi connectivity index (χ0v) is 16.8. The van der Waals surface area contributed by atoms with Crippen molar-refractivity contribution >= 4 is 23.4 Å². The van der Waals surface area contributed by atoms with E-state index in [0.29, 0.717) is 5.16 Å². The molecule has 2 heterocycles. The van der Waals surface area contributed by atoms with E-state index in [0.717, 1.165) is 23.5 Å². The number of aromatic nitrogens is 4. The normalized spacial score (nSPS) is 16.7. The molecule has 0 N–H and O–H groups in total. The van der Waals surface area contributed by atoms with Crippen molar-refractivity contribution in [3.63, 3.8) is 0 Å². The van der Waals surface area contributed by atoms with Crippen LogP contribution in [-0.2, 0) is 11.2 Å². The van der Waals surface area contributed by atoms with Gasteiger partial charge in [0.05, 0.1) is 18.0 Å². The molecule has 0 saturated carbocycles. The van der Waals surface area contributed by atoms with Crippen LogP contribution in [0.15, 0.2) is 53.7 Å². The number of nitrogens with zero attached hydrogens (tertiary/aromatic N) is 5. The van der Waals surface area contributed by atoms with Crippen LogP contribution >= 0.6 is 11.8 Å². The molecule has 8 heteroatoms. The number of ether oxygens (including phenoxy) is 1. The second-order valence-corrected chi connectivity index (χ2v) is 8.03. The van der Waals surface area contributed by atoms with E-state index < -0.39 is 0 Å². The summed E-state index contributed by atoms with van der Waals surface area (Å²) >= 11 is 1.36. The van der Waals surface area contributed by atoms with Crippen LogP contribution in [0.2, 0.25) is 0 Å². The van der Waals surface area contributed by atoms with Gasteiger partial charge in [-0.1, -0.05) is 30.0 Å². The van der Waals surface area contributed by atoms with Crippen molar-refractivity contribution in [2.24, 2.45) is 0 Å². The Kier molecular flexibility index (Phi) is 5.04. The lowest BCUT2D eigenvalue weighted by molar-refractivity contribution is -0.118. The molecule has 2 aromatic carbocycles. The first-order valence-corrected chi connectivity index (χ1v) is 9.97. The topological polar surface area (TPSA) is 73.1 Å². The summed E-state index contributed by atoms with van der Waals surface area (Å²) in [5.41, 5.74) is 3.03. The summed E-state index contributed by atoms with van der Waals surface area (Å²) in [6, 6.07) is 15.7. The first-order valence-electron chi connectivity index (χ1n) is 9.09. The Morgan fingerprint density at radius 2 is 1.96 bits per heavy atom. The van der Waals surface area contributed by atoms with Crippen molar-refractivity contribution in [1.82, 2.24) is 20.2 Å². The fourth-order valence-corrected chi connectivity index (χ4v) is 4.30. The third-order valence-electron chi connectivity index (χ3n) is 4.83. The van der Waals surface area contributed by atoms with Gasteiger partial charge in [-0.3, -0.25) is 4.79 Å². The maximum atomic E-state index is 13.2. The van der Waals surface area contributed by atoms with Crippen molar-refractivity contribution in [1.29, 1.82) is 0 Å². The molecule has 144 valence electrons.